The zero-order valence-electron chi connectivity index (χ0n) is 5.89. The number of Topliss-reactive ketones (excluding diaryl/α,β-unsaturated/α-hetero) is 1. The molecule has 2 nitrogen and oxygen atoms in total. The van der Waals surface area contributed by atoms with Crippen molar-refractivity contribution in [3.63, 3.8) is 0 Å². The van der Waals surface area contributed by atoms with Gasteiger partial charge in [0.15, 0.2) is 12.4 Å². The molecule has 12 heavy (non-hydrogen) atoms. The summed E-state index contributed by atoms with van der Waals surface area (Å²) in [7, 11) is 0. The zero-order valence-corrected chi connectivity index (χ0v) is 5.89. The molecule has 0 aromatic carbocycles. The minimum atomic E-state index is -3.85. The molecular formula is C7H5F3O2. The minimum Gasteiger partial charge on any atom is -0.462 e. The lowest BCUT2D eigenvalue weighted by molar-refractivity contribution is -0.147. The van der Waals surface area contributed by atoms with Crippen LogP contribution in [0.1, 0.15) is 5.76 Å². The highest BCUT2D eigenvalue weighted by Crippen LogP contribution is 2.29. The van der Waals surface area contributed by atoms with Crippen LogP contribution in [0.5, 0.6) is 0 Å². The Kier molecular flexibility index (Phi) is 2.21. The van der Waals surface area contributed by atoms with Crippen molar-refractivity contribution >= 4 is 5.78 Å². The van der Waals surface area contributed by atoms with Gasteiger partial charge in [-0.1, -0.05) is 0 Å². The number of ketones is 1. The third kappa shape index (κ3) is 1.34. The Balaban J connectivity index is 2.93. The van der Waals surface area contributed by atoms with Crippen LogP contribution in [0, 0.1) is 0 Å². The Morgan fingerprint density at radius 3 is 2.67 bits per heavy atom. The average molecular weight is 178 g/mol. The van der Waals surface area contributed by atoms with Crippen molar-refractivity contribution in [3.05, 3.63) is 24.2 Å². The predicted molar refractivity (Wildman–Crippen MR) is 33.6 cm³/mol. The fourth-order valence-corrected chi connectivity index (χ4v) is 0.679. The molecule has 1 rings (SSSR count). The predicted octanol–water partition coefficient (Wildman–Crippen LogP) is 1.91. The van der Waals surface area contributed by atoms with Gasteiger partial charge in [-0.25, -0.2) is 4.39 Å². The highest BCUT2D eigenvalue weighted by molar-refractivity contribution is 5.87. The molecule has 0 N–H and O–H groups in total. The highest BCUT2D eigenvalue weighted by Gasteiger charge is 2.43. The van der Waals surface area contributed by atoms with Crippen molar-refractivity contribution in [2.75, 3.05) is 6.67 Å². The van der Waals surface area contributed by atoms with Crippen LogP contribution in [0.15, 0.2) is 22.8 Å². The van der Waals surface area contributed by atoms with Gasteiger partial charge in [-0.2, -0.15) is 8.78 Å². The SMILES string of the molecule is O=C(CF)C(F)(F)c1ccco1. The number of halogens is 3. The molecule has 66 valence electrons. The fourth-order valence-electron chi connectivity index (χ4n) is 0.679. The lowest BCUT2D eigenvalue weighted by Crippen LogP contribution is -2.26. The van der Waals surface area contributed by atoms with E-state index in [-0.39, 0.29) is 0 Å². The summed E-state index contributed by atoms with van der Waals surface area (Å²) in [5.41, 5.74) is 0. The van der Waals surface area contributed by atoms with Gasteiger partial charge in [0.2, 0.25) is 5.78 Å². The third-order valence-corrected chi connectivity index (χ3v) is 1.30. The van der Waals surface area contributed by atoms with E-state index in [0.29, 0.717) is 0 Å². The quantitative estimate of drug-likeness (QED) is 0.707. The summed E-state index contributed by atoms with van der Waals surface area (Å²) in [5, 5.41) is 0. The van der Waals surface area contributed by atoms with E-state index < -0.39 is 24.1 Å². The van der Waals surface area contributed by atoms with E-state index in [1.54, 1.807) is 0 Å². The van der Waals surface area contributed by atoms with Crippen LogP contribution in [-0.2, 0) is 10.7 Å². The first kappa shape index (κ1) is 8.83. The van der Waals surface area contributed by atoms with Crippen molar-refractivity contribution in [1.29, 1.82) is 0 Å². The standard InChI is InChI=1S/C7H5F3O2/c8-4-5(11)7(9,10)6-2-1-3-12-6/h1-3H,4H2. The molecule has 0 atom stereocenters. The topological polar surface area (TPSA) is 30.2 Å². The van der Waals surface area contributed by atoms with Crippen LogP contribution in [0.25, 0.3) is 0 Å². The first-order valence-corrected chi connectivity index (χ1v) is 3.10. The number of carbonyl (C=O) groups is 1. The summed E-state index contributed by atoms with van der Waals surface area (Å²) in [6.07, 6.45) is 0.995. The molecule has 1 aromatic heterocycles. The van der Waals surface area contributed by atoms with Crippen molar-refractivity contribution in [3.8, 4) is 0 Å². The summed E-state index contributed by atoms with van der Waals surface area (Å²) in [5.74, 6) is -6.47. The van der Waals surface area contributed by atoms with Crippen LogP contribution in [0.4, 0.5) is 13.2 Å². The molecule has 0 spiro atoms. The van der Waals surface area contributed by atoms with Gasteiger partial charge in [0.1, 0.15) is 0 Å². The summed E-state index contributed by atoms with van der Waals surface area (Å²) >= 11 is 0. The number of furan rings is 1. The van der Waals surface area contributed by atoms with Crippen LogP contribution in [0.3, 0.4) is 0 Å². The van der Waals surface area contributed by atoms with E-state index in [1.807, 2.05) is 0 Å². The molecule has 0 aliphatic heterocycles. The third-order valence-electron chi connectivity index (χ3n) is 1.30. The maximum atomic E-state index is 12.7. The Hall–Kier alpha value is -1.26. The van der Waals surface area contributed by atoms with Crippen molar-refractivity contribution in [2.45, 2.75) is 5.92 Å². The van der Waals surface area contributed by atoms with E-state index in [0.717, 1.165) is 12.3 Å². The number of alkyl halides is 3. The maximum absolute atomic E-state index is 12.7. The Labute approximate surface area is 66.0 Å². The fraction of sp³-hybridized carbons (Fsp3) is 0.286. The Morgan fingerprint density at radius 2 is 2.25 bits per heavy atom. The van der Waals surface area contributed by atoms with E-state index in [1.165, 1.54) is 6.07 Å². The Morgan fingerprint density at radius 1 is 1.58 bits per heavy atom. The molecule has 0 radical (unpaired) electrons. The molecule has 0 fully saturated rings. The second-order valence-electron chi connectivity index (χ2n) is 2.11. The number of hydrogen-bond acceptors (Lipinski definition) is 2. The van der Waals surface area contributed by atoms with Crippen LogP contribution < -0.4 is 0 Å². The van der Waals surface area contributed by atoms with Crippen LogP contribution in [0.2, 0.25) is 0 Å². The highest BCUT2D eigenvalue weighted by atomic mass is 19.3. The molecule has 0 aliphatic rings. The molecule has 0 amide bonds. The normalized spacial score (nSPS) is 11.6. The molecule has 0 bridgehead atoms. The molecular weight excluding hydrogens is 173 g/mol. The van der Waals surface area contributed by atoms with Crippen molar-refractivity contribution in [2.24, 2.45) is 0 Å². The smallest absolute Gasteiger partial charge is 0.364 e. The van der Waals surface area contributed by atoms with Crippen LogP contribution >= 0.6 is 0 Å². The molecule has 0 unspecified atom stereocenters. The van der Waals surface area contributed by atoms with Gasteiger partial charge < -0.3 is 4.42 Å². The number of rotatable bonds is 3. The first-order valence-electron chi connectivity index (χ1n) is 3.10. The van der Waals surface area contributed by atoms with Gasteiger partial charge >= 0.3 is 5.92 Å². The van der Waals surface area contributed by atoms with Crippen LogP contribution in [-0.4, -0.2) is 12.5 Å². The summed E-state index contributed by atoms with van der Waals surface area (Å²) in [6.45, 7) is -1.70. The first-order chi connectivity index (χ1) is 5.59. The number of hydrogen-bond donors (Lipinski definition) is 0. The molecule has 1 heterocycles. The maximum Gasteiger partial charge on any atom is 0.364 e. The largest absolute Gasteiger partial charge is 0.462 e. The second kappa shape index (κ2) is 3.00. The lowest BCUT2D eigenvalue weighted by atomic mass is 10.2. The van der Waals surface area contributed by atoms with Gasteiger partial charge in [0.05, 0.1) is 6.26 Å². The van der Waals surface area contributed by atoms with Gasteiger partial charge in [0.25, 0.3) is 0 Å². The van der Waals surface area contributed by atoms with E-state index in [4.69, 9.17) is 0 Å². The molecule has 0 saturated carbocycles. The molecule has 0 aliphatic carbocycles. The van der Waals surface area contributed by atoms with Crippen molar-refractivity contribution in [1.82, 2.24) is 0 Å². The van der Waals surface area contributed by atoms with Gasteiger partial charge in [-0.05, 0) is 12.1 Å². The Bertz CT molecular complexity index is 266. The average Bonchev–Trinajstić information content (AvgIpc) is 2.55. The molecule has 0 saturated heterocycles. The van der Waals surface area contributed by atoms with E-state index in [2.05, 4.69) is 4.42 Å². The zero-order chi connectivity index (χ0) is 9.19. The second-order valence-corrected chi connectivity index (χ2v) is 2.11. The molecule has 5 heteroatoms. The number of carbonyl (C=O) groups excluding carboxylic acids is 1. The van der Waals surface area contributed by atoms with Gasteiger partial charge in [-0.15, -0.1) is 0 Å². The molecule has 1 aromatic rings. The summed E-state index contributed by atoms with van der Waals surface area (Å²) < 4.78 is 41.3. The van der Waals surface area contributed by atoms with Gasteiger partial charge in [-0.3, -0.25) is 4.79 Å². The summed E-state index contributed by atoms with van der Waals surface area (Å²) in [6, 6.07) is 2.13. The minimum absolute atomic E-state index is 0.829. The van der Waals surface area contributed by atoms with Gasteiger partial charge in [0, 0.05) is 0 Å². The summed E-state index contributed by atoms with van der Waals surface area (Å²) in [4.78, 5) is 10.3. The monoisotopic (exact) mass is 178 g/mol. The van der Waals surface area contributed by atoms with E-state index in [9.17, 15) is 18.0 Å². The van der Waals surface area contributed by atoms with E-state index >= 15 is 0 Å². The lowest BCUT2D eigenvalue weighted by Gasteiger charge is -2.08. The van der Waals surface area contributed by atoms with Crippen molar-refractivity contribution < 1.29 is 22.4 Å².